The molecule has 1 fully saturated rings. The molecule has 0 heterocycles. The highest BCUT2D eigenvalue weighted by molar-refractivity contribution is 5.99. The van der Waals surface area contributed by atoms with Gasteiger partial charge in [-0.3, -0.25) is 9.59 Å². The van der Waals surface area contributed by atoms with Crippen molar-refractivity contribution in [3.8, 4) is 0 Å². The fourth-order valence-electron chi connectivity index (χ4n) is 1.66. The summed E-state index contributed by atoms with van der Waals surface area (Å²) in [6, 6.07) is 6.92. The molecule has 0 bridgehead atoms. The molecule has 1 aromatic carbocycles. The van der Waals surface area contributed by atoms with Gasteiger partial charge in [0.2, 0.25) is 0 Å². The summed E-state index contributed by atoms with van der Waals surface area (Å²) in [7, 11) is 0. The topological polar surface area (TPSA) is 54.4 Å². The number of carboxylic acid groups (broad SMARTS) is 1. The lowest BCUT2D eigenvalue weighted by Crippen LogP contribution is -2.08. The van der Waals surface area contributed by atoms with E-state index in [1.165, 1.54) is 0 Å². The molecule has 2 rings (SSSR count). The maximum Gasteiger partial charge on any atom is 0.310 e. The first-order chi connectivity index (χ1) is 7.59. The monoisotopic (exact) mass is 218 g/mol. The standard InChI is InChI=1S/C13H14O3/c1-8(13(15)16)9-2-4-10(5-3-9)12(14)11-6-7-11/h2-5,8,11H,6-7H2,1H3,(H,15,16). The Balaban J connectivity index is 2.15. The van der Waals surface area contributed by atoms with E-state index in [9.17, 15) is 9.59 Å². The van der Waals surface area contributed by atoms with E-state index in [0.29, 0.717) is 5.56 Å². The van der Waals surface area contributed by atoms with Gasteiger partial charge in [-0.15, -0.1) is 0 Å². The third-order valence-electron chi connectivity index (χ3n) is 3.01. The number of ketones is 1. The molecular weight excluding hydrogens is 204 g/mol. The average molecular weight is 218 g/mol. The molecule has 1 aliphatic carbocycles. The van der Waals surface area contributed by atoms with E-state index >= 15 is 0 Å². The fourth-order valence-corrected chi connectivity index (χ4v) is 1.66. The lowest BCUT2D eigenvalue weighted by Gasteiger charge is -2.07. The van der Waals surface area contributed by atoms with Crippen LogP contribution in [0.4, 0.5) is 0 Å². The Labute approximate surface area is 94.1 Å². The van der Waals surface area contributed by atoms with E-state index in [2.05, 4.69) is 0 Å². The molecule has 1 atom stereocenters. The molecule has 16 heavy (non-hydrogen) atoms. The summed E-state index contributed by atoms with van der Waals surface area (Å²) in [5.41, 5.74) is 1.43. The number of carboxylic acids is 1. The summed E-state index contributed by atoms with van der Waals surface area (Å²) in [6.07, 6.45) is 1.98. The lowest BCUT2D eigenvalue weighted by atomic mass is 9.98. The minimum atomic E-state index is -0.846. The zero-order valence-corrected chi connectivity index (χ0v) is 9.14. The maximum absolute atomic E-state index is 11.7. The molecule has 0 aromatic heterocycles. The van der Waals surface area contributed by atoms with Gasteiger partial charge >= 0.3 is 5.97 Å². The van der Waals surface area contributed by atoms with Crippen molar-refractivity contribution in [2.24, 2.45) is 5.92 Å². The number of carbonyl (C=O) groups is 2. The van der Waals surface area contributed by atoms with E-state index < -0.39 is 11.9 Å². The summed E-state index contributed by atoms with van der Waals surface area (Å²) >= 11 is 0. The third-order valence-corrected chi connectivity index (χ3v) is 3.01. The maximum atomic E-state index is 11.7. The molecule has 0 radical (unpaired) electrons. The van der Waals surface area contributed by atoms with Crippen LogP contribution in [-0.2, 0) is 4.79 Å². The first-order valence-electron chi connectivity index (χ1n) is 5.46. The first kappa shape index (κ1) is 10.9. The summed E-state index contributed by atoms with van der Waals surface area (Å²) in [5.74, 6) is -0.969. The van der Waals surface area contributed by atoms with Crippen molar-refractivity contribution in [3.63, 3.8) is 0 Å². The Kier molecular flexibility index (Phi) is 2.77. The van der Waals surface area contributed by atoms with Gasteiger partial charge in [0.1, 0.15) is 0 Å². The Hall–Kier alpha value is -1.64. The van der Waals surface area contributed by atoms with Crippen molar-refractivity contribution in [2.45, 2.75) is 25.7 Å². The van der Waals surface area contributed by atoms with Crippen LogP contribution in [0.25, 0.3) is 0 Å². The van der Waals surface area contributed by atoms with Gasteiger partial charge in [0.05, 0.1) is 5.92 Å². The first-order valence-corrected chi connectivity index (χ1v) is 5.46. The molecule has 3 nitrogen and oxygen atoms in total. The van der Waals surface area contributed by atoms with Crippen molar-refractivity contribution in [3.05, 3.63) is 35.4 Å². The Morgan fingerprint density at radius 1 is 1.25 bits per heavy atom. The lowest BCUT2D eigenvalue weighted by molar-refractivity contribution is -0.138. The molecule has 3 heteroatoms. The van der Waals surface area contributed by atoms with Gasteiger partial charge < -0.3 is 5.11 Å². The van der Waals surface area contributed by atoms with Gasteiger partial charge in [0.15, 0.2) is 5.78 Å². The van der Waals surface area contributed by atoms with Crippen LogP contribution >= 0.6 is 0 Å². The number of carbonyl (C=O) groups excluding carboxylic acids is 1. The van der Waals surface area contributed by atoms with E-state index in [1.54, 1.807) is 31.2 Å². The number of hydrogen-bond donors (Lipinski definition) is 1. The molecule has 0 saturated heterocycles. The zero-order valence-electron chi connectivity index (χ0n) is 9.14. The third kappa shape index (κ3) is 2.13. The van der Waals surface area contributed by atoms with E-state index in [0.717, 1.165) is 18.4 Å². The molecule has 1 saturated carbocycles. The summed E-state index contributed by atoms with van der Waals surface area (Å²) < 4.78 is 0. The summed E-state index contributed by atoms with van der Waals surface area (Å²) in [5, 5.41) is 8.85. The molecule has 0 spiro atoms. The minimum absolute atomic E-state index is 0.189. The highest BCUT2D eigenvalue weighted by Gasteiger charge is 2.30. The Morgan fingerprint density at radius 3 is 2.25 bits per heavy atom. The van der Waals surface area contributed by atoms with Crippen LogP contribution in [-0.4, -0.2) is 16.9 Å². The van der Waals surface area contributed by atoms with Crippen LogP contribution in [0.1, 0.15) is 41.6 Å². The predicted molar refractivity (Wildman–Crippen MR) is 59.5 cm³/mol. The van der Waals surface area contributed by atoms with Crippen LogP contribution < -0.4 is 0 Å². The van der Waals surface area contributed by atoms with E-state index in [-0.39, 0.29) is 11.7 Å². The molecule has 1 aromatic rings. The molecule has 0 aliphatic heterocycles. The highest BCUT2D eigenvalue weighted by atomic mass is 16.4. The van der Waals surface area contributed by atoms with Crippen molar-refractivity contribution >= 4 is 11.8 Å². The molecule has 1 N–H and O–H groups in total. The number of aliphatic carboxylic acids is 1. The summed E-state index contributed by atoms with van der Waals surface area (Å²) in [4.78, 5) is 22.5. The van der Waals surface area contributed by atoms with Crippen LogP contribution in [0.5, 0.6) is 0 Å². The largest absolute Gasteiger partial charge is 0.481 e. The molecule has 1 unspecified atom stereocenters. The second-order valence-corrected chi connectivity index (χ2v) is 4.32. The van der Waals surface area contributed by atoms with Gasteiger partial charge in [0, 0.05) is 11.5 Å². The van der Waals surface area contributed by atoms with Gasteiger partial charge in [-0.05, 0) is 25.3 Å². The van der Waals surface area contributed by atoms with Gasteiger partial charge in [-0.2, -0.15) is 0 Å². The number of Topliss-reactive ketones (excluding diaryl/α,β-unsaturated/α-hetero) is 1. The van der Waals surface area contributed by atoms with Gasteiger partial charge in [0.25, 0.3) is 0 Å². The molecule has 1 aliphatic rings. The van der Waals surface area contributed by atoms with Crippen molar-refractivity contribution in [1.29, 1.82) is 0 Å². The van der Waals surface area contributed by atoms with Gasteiger partial charge in [-0.1, -0.05) is 24.3 Å². The van der Waals surface area contributed by atoms with Gasteiger partial charge in [-0.25, -0.2) is 0 Å². The Morgan fingerprint density at radius 2 is 1.81 bits per heavy atom. The molecular formula is C13H14O3. The second-order valence-electron chi connectivity index (χ2n) is 4.32. The fraction of sp³-hybridized carbons (Fsp3) is 0.385. The van der Waals surface area contributed by atoms with Crippen LogP contribution in [0.2, 0.25) is 0 Å². The molecule has 0 amide bonds. The van der Waals surface area contributed by atoms with Crippen LogP contribution in [0.15, 0.2) is 24.3 Å². The normalized spacial score (nSPS) is 16.8. The van der Waals surface area contributed by atoms with Crippen molar-refractivity contribution < 1.29 is 14.7 Å². The minimum Gasteiger partial charge on any atom is -0.481 e. The van der Waals surface area contributed by atoms with Crippen LogP contribution in [0, 0.1) is 5.92 Å². The number of benzene rings is 1. The van der Waals surface area contributed by atoms with Crippen molar-refractivity contribution in [1.82, 2.24) is 0 Å². The SMILES string of the molecule is CC(C(=O)O)c1ccc(C(=O)C2CC2)cc1. The number of rotatable bonds is 4. The van der Waals surface area contributed by atoms with E-state index in [4.69, 9.17) is 5.11 Å². The van der Waals surface area contributed by atoms with E-state index in [1.807, 2.05) is 0 Å². The summed E-state index contributed by atoms with van der Waals surface area (Å²) in [6.45, 7) is 1.64. The Bertz CT molecular complexity index is 415. The van der Waals surface area contributed by atoms with Crippen molar-refractivity contribution in [2.75, 3.05) is 0 Å². The predicted octanol–water partition coefficient (Wildman–Crippen LogP) is 2.47. The smallest absolute Gasteiger partial charge is 0.310 e. The highest BCUT2D eigenvalue weighted by Crippen LogP contribution is 2.32. The number of hydrogen-bond acceptors (Lipinski definition) is 2. The zero-order chi connectivity index (χ0) is 11.7. The average Bonchev–Trinajstić information content (AvgIpc) is 3.11. The van der Waals surface area contributed by atoms with Crippen LogP contribution in [0.3, 0.4) is 0 Å². The second kappa shape index (κ2) is 4.08. The quantitative estimate of drug-likeness (QED) is 0.790. The molecule has 84 valence electrons.